The average molecular weight is 396 g/mol. The number of methoxy groups -OCH3 is 1. The summed E-state index contributed by atoms with van der Waals surface area (Å²) < 4.78 is 5.18. The molecule has 1 atom stereocenters. The van der Waals surface area contributed by atoms with Crippen molar-refractivity contribution in [2.75, 3.05) is 39.2 Å². The predicted molar refractivity (Wildman–Crippen MR) is 111 cm³/mol. The number of fused-ring (bicyclic) bond motifs is 2. The van der Waals surface area contributed by atoms with Crippen molar-refractivity contribution in [3.63, 3.8) is 0 Å². The third-order valence-electron chi connectivity index (χ3n) is 6.18. The molecule has 0 amide bonds. The number of hydrogen-bond acceptors (Lipinski definition) is 6. The molecular weight excluding hydrogens is 368 g/mol. The van der Waals surface area contributed by atoms with Crippen LogP contribution in [0.15, 0.2) is 24.4 Å². The van der Waals surface area contributed by atoms with Gasteiger partial charge in [0.2, 0.25) is 5.95 Å². The monoisotopic (exact) mass is 396 g/mol. The molecule has 7 heteroatoms. The van der Waals surface area contributed by atoms with Gasteiger partial charge in [-0.2, -0.15) is 0 Å². The van der Waals surface area contributed by atoms with Gasteiger partial charge in [0.1, 0.15) is 11.3 Å². The zero-order valence-corrected chi connectivity index (χ0v) is 17.3. The van der Waals surface area contributed by atoms with Gasteiger partial charge in [0, 0.05) is 38.8 Å². The maximum absolute atomic E-state index is 11.5. The fourth-order valence-electron chi connectivity index (χ4n) is 4.79. The van der Waals surface area contributed by atoms with Gasteiger partial charge in [0.05, 0.1) is 12.8 Å². The minimum Gasteiger partial charge on any atom is -0.496 e. The number of ether oxygens (including phenoxy) is 1. The molecule has 1 fully saturated rings. The molecule has 1 spiro atoms. The third-order valence-corrected chi connectivity index (χ3v) is 6.18. The highest BCUT2D eigenvalue weighted by molar-refractivity contribution is 5.91. The number of carbonyl (C=O) groups is 1. The van der Waals surface area contributed by atoms with Gasteiger partial charge in [-0.3, -0.25) is 4.90 Å². The highest BCUT2D eigenvalue weighted by atomic mass is 16.5. The molecule has 0 radical (unpaired) electrons. The molecule has 1 aromatic carbocycles. The molecule has 2 heterocycles. The van der Waals surface area contributed by atoms with Crippen molar-refractivity contribution in [2.45, 2.75) is 37.6 Å². The van der Waals surface area contributed by atoms with Crippen LogP contribution in [0.1, 0.15) is 46.4 Å². The Morgan fingerprint density at radius 2 is 2.17 bits per heavy atom. The summed E-state index contributed by atoms with van der Waals surface area (Å²) in [5.41, 5.74) is 3.77. The Morgan fingerprint density at radius 3 is 2.90 bits per heavy atom. The van der Waals surface area contributed by atoms with E-state index in [1.54, 1.807) is 12.1 Å². The van der Waals surface area contributed by atoms with Crippen LogP contribution >= 0.6 is 0 Å². The van der Waals surface area contributed by atoms with E-state index in [1.165, 1.54) is 18.4 Å². The topological polar surface area (TPSA) is 78.8 Å². The minimum atomic E-state index is -0.962. The fraction of sp³-hybridized carbons (Fsp3) is 0.500. The van der Waals surface area contributed by atoms with E-state index in [2.05, 4.69) is 9.88 Å². The zero-order valence-electron chi connectivity index (χ0n) is 17.3. The molecule has 4 rings (SSSR count). The lowest BCUT2D eigenvalue weighted by Gasteiger charge is -2.40. The summed E-state index contributed by atoms with van der Waals surface area (Å²) in [5.74, 6) is 0.203. The summed E-state index contributed by atoms with van der Waals surface area (Å²) in [7, 11) is 5.44. The first-order valence-corrected chi connectivity index (χ1v) is 10.1. The van der Waals surface area contributed by atoms with Crippen LogP contribution in [-0.2, 0) is 18.4 Å². The smallest absolute Gasteiger partial charge is 0.339 e. The van der Waals surface area contributed by atoms with Crippen LogP contribution < -0.4 is 9.64 Å². The maximum atomic E-state index is 11.5. The Hall–Kier alpha value is -2.67. The van der Waals surface area contributed by atoms with Crippen LogP contribution in [0.5, 0.6) is 5.75 Å². The number of aryl methyl sites for hydroxylation is 1. The number of carboxylic acids is 1. The molecule has 1 N–H and O–H groups in total. The summed E-state index contributed by atoms with van der Waals surface area (Å²) in [5, 5.41) is 9.46. The van der Waals surface area contributed by atoms with Gasteiger partial charge in [0.15, 0.2) is 0 Å². The number of anilines is 1. The fourth-order valence-corrected chi connectivity index (χ4v) is 4.79. The lowest BCUT2D eigenvalue weighted by Crippen LogP contribution is -2.45. The molecule has 1 unspecified atom stereocenters. The molecule has 154 valence electrons. The van der Waals surface area contributed by atoms with Crippen molar-refractivity contribution in [1.29, 1.82) is 0 Å². The summed E-state index contributed by atoms with van der Waals surface area (Å²) >= 11 is 0. The normalized spacial score (nSPS) is 21.2. The number of aromatic carboxylic acids is 1. The summed E-state index contributed by atoms with van der Waals surface area (Å²) in [6, 6.07) is 5.44. The summed E-state index contributed by atoms with van der Waals surface area (Å²) in [4.78, 5) is 25.3. The number of aromatic nitrogens is 2. The van der Waals surface area contributed by atoms with E-state index in [-0.39, 0.29) is 11.0 Å². The first kappa shape index (κ1) is 19.6. The number of benzene rings is 1. The van der Waals surface area contributed by atoms with E-state index in [4.69, 9.17) is 9.72 Å². The van der Waals surface area contributed by atoms with Crippen LogP contribution in [0.4, 0.5) is 5.95 Å². The van der Waals surface area contributed by atoms with Crippen molar-refractivity contribution in [1.82, 2.24) is 14.9 Å². The molecule has 1 aromatic heterocycles. The molecule has 0 bridgehead atoms. The van der Waals surface area contributed by atoms with Crippen LogP contribution in [0, 0.1) is 0 Å². The van der Waals surface area contributed by atoms with Crippen LogP contribution in [-0.4, -0.2) is 60.2 Å². The van der Waals surface area contributed by atoms with Gasteiger partial charge in [-0.05, 0) is 55.5 Å². The molecule has 29 heavy (non-hydrogen) atoms. The number of nitrogens with zero attached hydrogens (tertiary/aromatic N) is 4. The Labute approximate surface area is 171 Å². The molecule has 7 nitrogen and oxygen atoms in total. The highest BCUT2D eigenvalue weighted by Crippen LogP contribution is 2.44. The van der Waals surface area contributed by atoms with Crippen molar-refractivity contribution in [2.24, 2.45) is 0 Å². The predicted octanol–water partition coefficient (Wildman–Crippen LogP) is 2.73. The SMILES string of the molecule is COc1ccc(CN2CCCC3(CCc4cnc(N(C)C)nc43)C2)cc1C(=O)O. The second-order valence-electron chi connectivity index (χ2n) is 8.37. The largest absolute Gasteiger partial charge is 0.496 e. The van der Waals surface area contributed by atoms with E-state index in [9.17, 15) is 9.90 Å². The molecule has 0 saturated carbocycles. The van der Waals surface area contributed by atoms with Crippen LogP contribution in [0.3, 0.4) is 0 Å². The van der Waals surface area contributed by atoms with E-state index in [0.29, 0.717) is 5.75 Å². The average Bonchev–Trinajstić information content (AvgIpc) is 3.05. The van der Waals surface area contributed by atoms with E-state index < -0.39 is 5.97 Å². The van der Waals surface area contributed by atoms with Crippen LogP contribution in [0.2, 0.25) is 0 Å². The van der Waals surface area contributed by atoms with Gasteiger partial charge in [-0.25, -0.2) is 14.8 Å². The number of carboxylic acid groups (broad SMARTS) is 1. The van der Waals surface area contributed by atoms with E-state index >= 15 is 0 Å². The first-order chi connectivity index (χ1) is 13.9. The molecular formula is C22H28N4O3. The third kappa shape index (κ3) is 3.67. The second kappa shape index (κ2) is 7.63. The summed E-state index contributed by atoms with van der Waals surface area (Å²) in [6.45, 7) is 2.68. The quantitative estimate of drug-likeness (QED) is 0.832. The molecule has 2 aromatic rings. The van der Waals surface area contributed by atoms with E-state index in [1.807, 2.05) is 31.3 Å². The van der Waals surface area contributed by atoms with Crippen molar-refractivity contribution >= 4 is 11.9 Å². The van der Waals surface area contributed by atoms with Crippen molar-refractivity contribution in [3.8, 4) is 5.75 Å². The van der Waals surface area contributed by atoms with Crippen molar-refractivity contribution < 1.29 is 14.6 Å². The minimum absolute atomic E-state index is 0.0728. The Bertz CT molecular complexity index is 926. The lowest BCUT2D eigenvalue weighted by atomic mass is 9.77. The molecule has 2 aliphatic rings. The number of hydrogen-bond donors (Lipinski definition) is 1. The van der Waals surface area contributed by atoms with Crippen LogP contribution in [0.25, 0.3) is 0 Å². The molecule has 1 saturated heterocycles. The Kier molecular flexibility index (Phi) is 5.17. The van der Waals surface area contributed by atoms with Gasteiger partial charge in [-0.1, -0.05) is 6.07 Å². The highest BCUT2D eigenvalue weighted by Gasteiger charge is 2.43. The Balaban J connectivity index is 1.57. The lowest BCUT2D eigenvalue weighted by molar-refractivity contribution is 0.0693. The second-order valence-corrected chi connectivity index (χ2v) is 8.37. The number of rotatable bonds is 5. The molecule has 1 aliphatic carbocycles. The zero-order chi connectivity index (χ0) is 20.6. The number of piperidine rings is 1. The van der Waals surface area contributed by atoms with Gasteiger partial charge in [0.25, 0.3) is 0 Å². The number of likely N-dealkylation sites (tertiary alicyclic amines) is 1. The summed E-state index contributed by atoms with van der Waals surface area (Å²) in [6.07, 6.45) is 6.38. The van der Waals surface area contributed by atoms with E-state index in [0.717, 1.165) is 56.8 Å². The maximum Gasteiger partial charge on any atom is 0.339 e. The van der Waals surface area contributed by atoms with Gasteiger partial charge in [-0.15, -0.1) is 0 Å². The standard InChI is InChI=1S/C22H28N4O3/c1-25(2)21-23-12-16-7-9-22(19(16)24-21)8-4-10-26(14-22)13-15-5-6-18(29-3)17(11-15)20(27)28/h5-6,11-12H,4,7-10,13-14H2,1-3H3,(H,27,28). The first-order valence-electron chi connectivity index (χ1n) is 10.1. The molecule has 1 aliphatic heterocycles. The van der Waals surface area contributed by atoms with Gasteiger partial charge >= 0.3 is 5.97 Å². The Morgan fingerprint density at radius 1 is 1.34 bits per heavy atom. The van der Waals surface area contributed by atoms with Crippen molar-refractivity contribution in [3.05, 3.63) is 46.8 Å². The van der Waals surface area contributed by atoms with Gasteiger partial charge < -0.3 is 14.7 Å².